The summed E-state index contributed by atoms with van der Waals surface area (Å²) < 4.78 is 0. The number of fused-ring (bicyclic) bond motifs is 2. The van der Waals surface area contributed by atoms with Crippen molar-refractivity contribution in [3.8, 4) is 0 Å². The zero-order valence-corrected chi connectivity index (χ0v) is 9.85. The molecular weight excluding hydrogens is 214 g/mol. The maximum Gasteiger partial charge on any atom is 0.230 e. The van der Waals surface area contributed by atoms with Gasteiger partial charge in [0.15, 0.2) is 5.78 Å². The van der Waals surface area contributed by atoms with E-state index in [1.807, 2.05) is 23.1 Å². The number of Topliss-reactive ketones (excluding diaryl/α,β-unsaturated/α-hetero) is 1. The monoisotopic (exact) mass is 229 g/mol. The first-order chi connectivity index (χ1) is 8.16. The normalized spacial score (nSPS) is 26.6. The van der Waals surface area contributed by atoms with Crippen molar-refractivity contribution in [2.45, 2.75) is 32.2 Å². The van der Waals surface area contributed by atoms with Crippen LogP contribution in [0.15, 0.2) is 24.3 Å². The molecule has 3 nitrogen and oxygen atoms in total. The van der Waals surface area contributed by atoms with Crippen LogP contribution in [0.25, 0.3) is 0 Å². The lowest BCUT2D eigenvalue weighted by molar-refractivity contribution is -0.121. The van der Waals surface area contributed by atoms with E-state index in [0.29, 0.717) is 11.6 Å². The van der Waals surface area contributed by atoms with Gasteiger partial charge in [0.25, 0.3) is 0 Å². The highest BCUT2D eigenvalue weighted by Crippen LogP contribution is 2.41. The van der Waals surface area contributed by atoms with Crippen LogP contribution in [0, 0.1) is 5.92 Å². The van der Waals surface area contributed by atoms with Crippen LogP contribution in [0.2, 0.25) is 0 Å². The molecule has 1 aliphatic carbocycles. The molecule has 2 fully saturated rings. The second kappa shape index (κ2) is 3.69. The van der Waals surface area contributed by atoms with Gasteiger partial charge in [-0.1, -0.05) is 12.1 Å². The second-order valence-electron chi connectivity index (χ2n) is 4.98. The highest BCUT2D eigenvalue weighted by molar-refractivity contribution is 6.01. The van der Waals surface area contributed by atoms with Crippen molar-refractivity contribution >= 4 is 17.4 Å². The number of carbonyl (C=O) groups excluding carboxylic acids is 2. The number of nitrogens with zero attached hydrogens (tertiary/aromatic N) is 1. The first-order valence-corrected chi connectivity index (χ1v) is 6.11. The maximum atomic E-state index is 12.1. The van der Waals surface area contributed by atoms with E-state index in [4.69, 9.17) is 0 Å². The molecule has 1 aliphatic heterocycles. The van der Waals surface area contributed by atoms with Gasteiger partial charge in [-0.3, -0.25) is 9.59 Å². The number of ketones is 1. The molecular formula is C14H15NO2. The lowest BCUT2D eigenvalue weighted by atomic mass is 10.1. The van der Waals surface area contributed by atoms with Gasteiger partial charge in [-0.25, -0.2) is 0 Å². The third kappa shape index (κ3) is 1.57. The number of piperidine rings is 1. The molecule has 2 atom stereocenters. The molecule has 0 aromatic heterocycles. The molecule has 0 radical (unpaired) electrons. The van der Waals surface area contributed by atoms with Crippen molar-refractivity contribution in [3.63, 3.8) is 0 Å². The van der Waals surface area contributed by atoms with Crippen molar-refractivity contribution in [1.82, 2.24) is 0 Å². The van der Waals surface area contributed by atoms with E-state index in [0.717, 1.165) is 24.9 Å². The van der Waals surface area contributed by atoms with Crippen LogP contribution in [-0.4, -0.2) is 17.7 Å². The van der Waals surface area contributed by atoms with Gasteiger partial charge in [-0.05, 0) is 38.3 Å². The van der Waals surface area contributed by atoms with Crippen molar-refractivity contribution in [3.05, 3.63) is 29.8 Å². The van der Waals surface area contributed by atoms with Crippen molar-refractivity contribution < 1.29 is 9.59 Å². The van der Waals surface area contributed by atoms with Crippen LogP contribution < -0.4 is 4.90 Å². The van der Waals surface area contributed by atoms with Gasteiger partial charge in [0.1, 0.15) is 0 Å². The predicted molar refractivity (Wildman–Crippen MR) is 65.1 cm³/mol. The van der Waals surface area contributed by atoms with E-state index < -0.39 is 0 Å². The Morgan fingerprint density at radius 1 is 1.35 bits per heavy atom. The molecule has 3 heteroatoms. The molecule has 1 aromatic carbocycles. The fourth-order valence-corrected chi connectivity index (χ4v) is 3.01. The predicted octanol–water partition coefficient (Wildman–Crippen LogP) is 2.40. The summed E-state index contributed by atoms with van der Waals surface area (Å²) in [4.78, 5) is 25.3. The Hall–Kier alpha value is -1.64. The van der Waals surface area contributed by atoms with Gasteiger partial charge in [0, 0.05) is 23.2 Å². The zero-order valence-electron chi connectivity index (χ0n) is 9.85. The number of benzene rings is 1. The third-order valence-electron chi connectivity index (χ3n) is 3.89. The SMILES string of the molecule is CC(=O)c1cccc(N2C(=O)C3CCC2C3)c1. The molecule has 17 heavy (non-hydrogen) atoms. The van der Waals surface area contributed by atoms with E-state index in [1.54, 1.807) is 13.0 Å². The zero-order chi connectivity index (χ0) is 12.0. The van der Waals surface area contributed by atoms with E-state index >= 15 is 0 Å². The minimum atomic E-state index is 0.0451. The Labute approximate surface area is 100 Å². The number of carbonyl (C=O) groups is 2. The Bertz CT molecular complexity index is 495. The molecule has 2 unspecified atom stereocenters. The summed E-state index contributed by atoms with van der Waals surface area (Å²) in [5.41, 5.74) is 1.56. The van der Waals surface area contributed by atoms with Gasteiger partial charge in [-0.2, -0.15) is 0 Å². The smallest absolute Gasteiger partial charge is 0.230 e. The van der Waals surface area contributed by atoms with E-state index in [2.05, 4.69) is 0 Å². The summed E-state index contributed by atoms with van der Waals surface area (Å²) in [6, 6.07) is 7.76. The molecule has 1 aromatic rings. The van der Waals surface area contributed by atoms with Gasteiger partial charge in [0.2, 0.25) is 5.91 Å². The average molecular weight is 229 g/mol. The molecule has 0 N–H and O–H groups in total. The first-order valence-electron chi connectivity index (χ1n) is 6.11. The molecule has 1 saturated carbocycles. The van der Waals surface area contributed by atoms with E-state index in [-0.39, 0.29) is 17.6 Å². The van der Waals surface area contributed by atoms with Crippen LogP contribution >= 0.6 is 0 Å². The largest absolute Gasteiger partial charge is 0.309 e. The van der Waals surface area contributed by atoms with Crippen molar-refractivity contribution in [1.29, 1.82) is 0 Å². The minimum absolute atomic E-state index is 0.0451. The Morgan fingerprint density at radius 3 is 2.82 bits per heavy atom. The molecule has 1 heterocycles. The van der Waals surface area contributed by atoms with Crippen LogP contribution in [0.3, 0.4) is 0 Å². The number of hydrogen-bond donors (Lipinski definition) is 0. The molecule has 88 valence electrons. The van der Waals surface area contributed by atoms with Crippen LogP contribution in [0.1, 0.15) is 36.5 Å². The van der Waals surface area contributed by atoms with Gasteiger partial charge < -0.3 is 4.90 Å². The molecule has 2 bridgehead atoms. The summed E-state index contributed by atoms with van der Waals surface area (Å²) in [7, 11) is 0. The lowest BCUT2D eigenvalue weighted by Crippen LogP contribution is -2.36. The van der Waals surface area contributed by atoms with Gasteiger partial charge in [-0.15, -0.1) is 0 Å². The summed E-state index contributed by atoms with van der Waals surface area (Å²) in [5, 5.41) is 0. The fourth-order valence-electron chi connectivity index (χ4n) is 3.01. The molecule has 1 saturated heterocycles. The minimum Gasteiger partial charge on any atom is -0.309 e. The number of rotatable bonds is 2. The van der Waals surface area contributed by atoms with E-state index in [9.17, 15) is 9.59 Å². The summed E-state index contributed by atoms with van der Waals surface area (Å²) >= 11 is 0. The Morgan fingerprint density at radius 2 is 2.18 bits per heavy atom. The summed E-state index contributed by atoms with van der Waals surface area (Å²) in [6.07, 6.45) is 3.12. The van der Waals surface area contributed by atoms with Crippen LogP contribution in [0.5, 0.6) is 0 Å². The Balaban J connectivity index is 1.97. The summed E-state index contributed by atoms with van der Waals surface area (Å²) in [5.74, 6) is 0.506. The highest BCUT2D eigenvalue weighted by Gasteiger charge is 2.45. The average Bonchev–Trinajstić information content (AvgIpc) is 2.89. The highest BCUT2D eigenvalue weighted by atomic mass is 16.2. The van der Waals surface area contributed by atoms with Crippen LogP contribution in [0.4, 0.5) is 5.69 Å². The maximum absolute atomic E-state index is 12.1. The van der Waals surface area contributed by atoms with Crippen LogP contribution in [-0.2, 0) is 4.79 Å². The van der Waals surface area contributed by atoms with Gasteiger partial charge >= 0.3 is 0 Å². The second-order valence-corrected chi connectivity index (χ2v) is 4.98. The first kappa shape index (κ1) is 10.5. The van der Waals surface area contributed by atoms with Gasteiger partial charge in [0.05, 0.1) is 0 Å². The van der Waals surface area contributed by atoms with Crippen molar-refractivity contribution in [2.75, 3.05) is 4.90 Å². The lowest BCUT2D eigenvalue weighted by Gasteiger charge is -2.27. The summed E-state index contributed by atoms with van der Waals surface area (Å²) in [6.45, 7) is 1.55. The topological polar surface area (TPSA) is 37.4 Å². The molecule has 2 aliphatic rings. The molecule has 1 amide bonds. The Kier molecular flexibility index (Phi) is 2.28. The fraction of sp³-hybridized carbons (Fsp3) is 0.429. The van der Waals surface area contributed by atoms with E-state index in [1.165, 1.54) is 0 Å². The molecule has 3 rings (SSSR count). The van der Waals surface area contributed by atoms with Crippen molar-refractivity contribution in [2.24, 2.45) is 5.92 Å². The molecule has 0 spiro atoms. The third-order valence-corrected chi connectivity index (χ3v) is 3.89. The number of amides is 1. The number of hydrogen-bond acceptors (Lipinski definition) is 2. The standard InChI is InChI=1S/C14H15NO2/c1-9(16)10-3-2-4-12(7-10)15-13-6-5-11(8-13)14(15)17/h2-4,7,11,13H,5-6,8H2,1H3. The quantitative estimate of drug-likeness (QED) is 0.730. The number of anilines is 1.